The van der Waals surface area contributed by atoms with Gasteiger partial charge in [0.15, 0.2) is 0 Å². The van der Waals surface area contributed by atoms with Crippen molar-refractivity contribution in [3.63, 3.8) is 0 Å². The third-order valence-electron chi connectivity index (χ3n) is 13.1. The van der Waals surface area contributed by atoms with Gasteiger partial charge in [-0.15, -0.1) is 0 Å². The second-order valence-electron chi connectivity index (χ2n) is 18.7. The van der Waals surface area contributed by atoms with Gasteiger partial charge in [-0.05, 0) is 19.3 Å². The van der Waals surface area contributed by atoms with Gasteiger partial charge in [-0.3, -0.25) is 4.79 Å². The first kappa shape index (κ1) is 55.3. The number of aliphatic hydroxyl groups is 4. The van der Waals surface area contributed by atoms with Crippen LogP contribution in [0.25, 0.3) is 0 Å². The molecule has 7 nitrogen and oxygen atoms in total. The summed E-state index contributed by atoms with van der Waals surface area (Å²) in [5.74, 6) is -0.476. The topological polar surface area (TPSA) is 119 Å². The molecule has 346 valence electrons. The van der Waals surface area contributed by atoms with Crippen molar-refractivity contribution < 1.29 is 30.0 Å². The molecule has 1 aliphatic carbocycles. The van der Waals surface area contributed by atoms with Crippen molar-refractivity contribution in [3.8, 4) is 0 Å². The Morgan fingerprint density at radius 3 is 1.16 bits per heavy atom. The van der Waals surface area contributed by atoms with E-state index < -0.39 is 30.3 Å². The van der Waals surface area contributed by atoms with E-state index in [0.29, 0.717) is 6.42 Å². The van der Waals surface area contributed by atoms with E-state index in [1.165, 1.54) is 212 Å². The molecule has 5 N–H and O–H groups in total. The van der Waals surface area contributed by atoms with Gasteiger partial charge in [0.25, 0.3) is 0 Å². The van der Waals surface area contributed by atoms with Crippen molar-refractivity contribution in [2.45, 2.75) is 301 Å². The summed E-state index contributed by atoms with van der Waals surface area (Å²) in [6, 6.07) is -0.155. The predicted octanol–water partition coefficient (Wildman–Crippen LogP) is 13.2. The van der Waals surface area contributed by atoms with E-state index in [1.807, 2.05) is 0 Å². The number of aliphatic hydroxyl groups excluding tert-OH is 4. The molecule has 58 heavy (non-hydrogen) atoms. The normalized spacial score (nSPS) is 20.1. The zero-order chi connectivity index (χ0) is 42.2. The van der Waals surface area contributed by atoms with Gasteiger partial charge in [-0.2, -0.15) is 0 Å². The number of carbonyl (C=O) groups is 1. The largest absolute Gasteiger partial charge is 0.396 e. The molecule has 1 amide bonds. The zero-order valence-corrected chi connectivity index (χ0v) is 38.8. The Bertz CT molecular complexity index is 857. The highest BCUT2D eigenvalue weighted by Gasteiger charge is 2.43. The molecular weight excluding hydrogens is 723 g/mol. The van der Waals surface area contributed by atoms with E-state index in [1.54, 1.807) is 0 Å². The van der Waals surface area contributed by atoms with Gasteiger partial charge >= 0.3 is 0 Å². The summed E-state index contributed by atoms with van der Waals surface area (Å²) in [7, 11) is 0. The lowest BCUT2D eigenvalue weighted by molar-refractivity contribution is -0.179. The van der Waals surface area contributed by atoms with Crippen LogP contribution >= 0.6 is 0 Å². The van der Waals surface area contributed by atoms with E-state index in [4.69, 9.17) is 4.74 Å². The second kappa shape index (κ2) is 41.6. The Morgan fingerprint density at radius 2 is 0.810 bits per heavy atom. The van der Waals surface area contributed by atoms with Crippen LogP contribution in [0.5, 0.6) is 0 Å². The highest BCUT2D eigenvalue weighted by molar-refractivity contribution is 5.76. The summed E-state index contributed by atoms with van der Waals surface area (Å²) in [6.07, 6.45) is 46.7. The minimum absolute atomic E-state index is 0.0651. The molecule has 0 aromatic heterocycles. The van der Waals surface area contributed by atoms with Gasteiger partial charge in [0, 0.05) is 18.9 Å². The van der Waals surface area contributed by atoms with E-state index >= 15 is 0 Å². The monoisotopic (exact) mass is 824 g/mol. The van der Waals surface area contributed by atoms with E-state index in [-0.39, 0.29) is 31.6 Å². The molecule has 0 aromatic rings. The summed E-state index contributed by atoms with van der Waals surface area (Å²) in [4.78, 5) is 13.0. The lowest BCUT2D eigenvalue weighted by atomic mass is 9.81. The molecule has 0 aromatic carbocycles. The summed E-state index contributed by atoms with van der Waals surface area (Å²) < 4.78 is 6.09. The molecule has 0 heterocycles. The van der Waals surface area contributed by atoms with Gasteiger partial charge < -0.3 is 30.5 Å². The fourth-order valence-electron chi connectivity index (χ4n) is 9.02. The molecule has 0 radical (unpaired) electrons. The third kappa shape index (κ3) is 32.0. The fraction of sp³-hybridized carbons (Fsp3) is 0.980. The van der Waals surface area contributed by atoms with Gasteiger partial charge in [-0.25, -0.2) is 0 Å². The van der Waals surface area contributed by atoms with Crippen molar-refractivity contribution >= 4 is 5.91 Å². The molecule has 1 aliphatic rings. The number of ether oxygens (including phenoxy) is 1. The molecular formula is C51H101NO6. The smallest absolute Gasteiger partial charge is 0.220 e. The van der Waals surface area contributed by atoms with Gasteiger partial charge in [0.1, 0.15) is 12.2 Å². The fourth-order valence-corrected chi connectivity index (χ4v) is 9.02. The van der Waals surface area contributed by atoms with Crippen LogP contribution in [0.4, 0.5) is 0 Å². The highest BCUT2D eigenvalue weighted by atomic mass is 16.5. The number of nitrogens with one attached hydrogen (secondary N) is 1. The molecule has 1 saturated carbocycles. The summed E-state index contributed by atoms with van der Waals surface area (Å²) in [5.41, 5.74) is 0. The van der Waals surface area contributed by atoms with Crippen molar-refractivity contribution in [2.75, 3.05) is 13.2 Å². The first-order valence-corrected chi connectivity index (χ1v) is 26.0. The number of hydrogen-bond acceptors (Lipinski definition) is 6. The van der Waals surface area contributed by atoms with Gasteiger partial charge in [0.05, 0.1) is 24.9 Å². The van der Waals surface area contributed by atoms with Gasteiger partial charge in [0.2, 0.25) is 5.91 Å². The zero-order valence-electron chi connectivity index (χ0n) is 38.8. The van der Waals surface area contributed by atoms with Crippen molar-refractivity contribution in [1.82, 2.24) is 5.32 Å². The van der Waals surface area contributed by atoms with Gasteiger partial charge in [-0.1, -0.05) is 245 Å². The average Bonchev–Trinajstić information content (AvgIpc) is 3.22. The molecule has 6 atom stereocenters. The first-order valence-electron chi connectivity index (χ1n) is 26.0. The van der Waals surface area contributed by atoms with Crippen LogP contribution < -0.4 is 5.32 Å². The van der Waals surface area contributed by atoms with Crippen LogP contribution in [0.3, 0.4) is 0 Å². The molecule has 1 rings (SSSR count). The standard InChI is InChI=1S/C51H101NO6/c1-3-5-7-9-11-13-15-17-19-20-21-22-23-24-25-26-27-29-31-33-35-37-39-41-48(54)52-46(44-58-47-42-45(43-53)49(55)51(57)50(47)56)40-38-36-34-32-30-28-18-16-14-12-10-8-6-4-2/h45-47,49-51,53,55-57H,3-44H2,1-2H3,(H,52,54). The maximum absolute atomic E-state index is 13.0. The maximum Gasteiger partial charge on any atom is 0.220 e. The Kier molecular flexibility index (Phi) is 39.7. The first-order chi connectivity index (χ1) is 28.4. The minimum atomic E-state index is -1.35. The second-order valence-corrected chi connectivity index (χ2v) is 18.7. The molecule has 6 unspecified atom stereocenters. The Labute approximate surface area is 360 Å². The quantitative estimate of drug-likeness (QED) is 0.0391. The summed E-state index contributed by atoms with van der Waals surface area (Å²) >= 11 is 0. The molecule has 7 heteroatoms. The van der Waals surface area contributed by atoms with E-state index in [0.717, 1.165) is 32.1 Å². The summed E-state index contributed by atoms with van der Waals surface area (Å²) in [5, 5.41) is 44.0. The Morgan fingerprint density at radius 1 is 0.483 bits per heavy atom. The lowest BCUT2D eigenvalue weighted by Crippen LogP contribution is -2.55. The molecule has 0 aliphatic heterocycles. The van der Waals surface area contributed by atoms with Crippen LogP contribution in [0.1, 0.15) is 271 Å². The Balaban J connectivity index is 2.15. The molecule has 0 spiro atoms. The molecule has 0 bridgehead atoms. The van der Waals surface area contributed by atoms with Crippen molar-refractivity contribution in [3.05, 3.63) is 0 Å². The Hall–Kier alpha value is -0.730. The number of carbonyl (C=O) groups excluding carboxylic acids is 1. The number of unbranched alkanes of at least 4 members (excludes halogenated alkanes) is 35. The van der Waals surface area contributed by atoms with Crippen LogP contribution in [-0.2, 0) is 9.53 Å². The predicted molar refractivity (Wildman–Crippen MR) is 246 cm³/mol. The van der Waals surface area contributed by atoms with Crippen LogP contribution in [0.2, 0.25) is 0 Å². The van der Waals surface area contributed by atoms with Crippen LogP contribution in [0, 0.1) is 5.92 Å². The van der Waals surface area contributed by atoms with Crippen molar-refractivity contribution in [1.29, 1.82) is 0 Å². The maximum atomic E-state index is 13.0. The lowest BCUT2D eigenvalue weighted by Gasteiger charge is -2.40. The minimum Gasteiger partial charge on any atom is -0.396 e. The summed E-state index contributed by atoms with van der Waals surface area (Å²) in [6.45, 7) is 4.55. The SMILES string of the molecule is CCCCCCCCCCCCCCCCCCCCCCCCCC(=O)NC(CCCCCCCCCCCCCCCC)COC1CC(CO)C(O)C(O)C1O. The highest BCUT2D eigenvalue weighted by Crippen LogP contribution is 2.28. The van der Waals surface area contributed by atoms with E-state index in [9.17, 15) is 25.2 Å². The number of rotatable bonds is 44. The average molecular weight is 824 g/mol. The van der Waals surface area contributed by atoms with Crippen molar-refractivity contribution in [2.24, 2.45) is 5.92 Å². The number of hydrogen-bond donors (Lipinski definition) is 5. The third-order valence-corrected chi connectivity index (χ3v) is 13.1. The number of amides is 1. The van der Waals surface area contributed by atoms with Crippen LogP contribution in [-0.4, -0.2) is 70.0 Å². The molecule has 1 fully saturated rings. The molecule has 0 saturated heterocycles. The van der Waals surface area contributed by atoms with E-state index in [2.05, 4.69) is 19.2 Å². The van der Waals surface area contributed by atoms with Crippen LogP contribution in [0.15, 0.2) is 0 Å².